The Kier molecular flexibility index (Phi) is 2.80. The van der Waals surface area contributed by atoms with E-state index in [9.17, 15) is 0 Å². The summed E-state index contributed by atoms with van der Waals surface area (Å²) in [7, 11) is 1.86. The number of imidazole rings is 1. The molecule has 3 rings (SSSR count). The minimum atomic E-state index is 0.307. The maximum atomic E-state index is 5.44. The van der Waals surface area contributed by atoms with Crippen LogP contribution in [0.2, 0.25) is 0 Å². The Hall–Kier alpha value is -2.55. The van der Waals surface area contributed by atoms with E-state index in [1.54, 1.807) is 21.6 Å². The van der Waals surface area contributed by atoms with Crippen LogP contribution in [-0.2, 0) is 13.6 Å². The molecule has 98 valence electrons. The van der Waals surface area contributed by atoms with Crippen LogP contribution in [0.1, 0.15) is 0 Å². The molecule has 9 nitrogen and oxygen atoms in total. The Balaban J connectivity index is 1.90. The normalized spacial score (nSPS) is 11.1. The average molecular weight is 260 g/mol. The lowest BCUT2D eigenvalue weighted by atomic mass is 10.4. The van der Waals surface area contributed by atoms with Gasteiger partial charge in [-0.1, -0.05) is 10.4 Å². The van der Waals surface area contributed by atoms with Crippen molar-refractivity contribution in [3.63, 3.8) is 0 Å². The van der Waals surface area contributed by atoms with E-state index in [-0.39, 0.29) is 0 Å². The maximum Gasteiger partial charge on any atom is 0.280 e. The van der Waals surface area contributed by atoms with Crippen molar-refractivity contribution >= 4 is 0 Å². The standard InChI is InChI=1S/C10H12N8O/c1-17-5-3-12-9(17)8-13-10(19-15-8)7-6-18(4-2-11)16-14-7/h3,5-6H,2,4,11H2,1H3. The Bertz CT molecular complexity index is 681. The zero-order valence-electron chi connectivity index (χ0n) is 10.3. The first-order valence-electron chi connectivity index (χ1n) is 5.70. The van der Waals surface area contributed by atoms with E-state index in [4.69, 9.17) is 10.3 Å². The largest absolute Gasteiger partial charge is 0.332 e. The van der Waals surface area contributed by atoms with Crippen LogP contribution >= 0.6 is 0 Å². The van der Waals surface area contributed by atoms with Crippen LogP contribution in [-0.4, -0.2) is 41.2 Å². The first-order valence-corrected chi connectivity index (χ1v) is 5.70. The zero-order chi connectivity index (χ0) is 13.2. The predicted molar refractivity (Wildman–Crippen MR) is 64.6 cm³/mol. The summed E-state index contributed by atoms with van der Waals surface area (Å²) >= 11 is 0. The van der Waals surface area contributed by atoms with Crippen LogP contribution in [0.5, 0.6) is 0 Å². The summed E-state index contributed by atoms with van der Waals surface area (Å²) in [5.74, 6) is 1.35. The summed E-state index contributed by atoms with van der Waals surface area (Å²) in [4.78, 5) is 8.40. The fourth-order valence-corrected chi connectivity index (χ4v) is 1.64. The van der Waals surface area contributed by atoms with Gasteiger partial charge < -0.3 is 14.8 Å². The van der Waals surface area contributed by atoms with Crippen LogP contribution in [0.3, 0.4) is 0 Å². The lowest BCUT2D eigenvalue weighted by molar-refractivity contribution is 0.430. The third-order valence-corrected chi connectivity index (χ3v) is 2.56. The molecule has 0 atom stereocenters. The minimum absolute atomic E-state index is 0.307. The van der Waals surface area contributed by atoms with Crippen molar-refractivity contribution in [1.29, 1.82) is 0 Å². The second-order valence-electron chi connectivity index (χ2n) is 3.94. The lowest BCUT2D eigenvalue weighted by Crippen LogP contribution is -2.10. The summed E-state index contributed by atoms with van der Waals surface area (Å²) < 4.78 is 8.59. The highest BCUT2D eigenvalue weighted by molar-refractivity contribution is 5.50. The molecule has 0 spiro atoms. The van der Waals surface area contributed by atoms with Crippen LogP contribution in [0.4, 0.5) is 0 Å². The monoisotopic (exact) mass is 260 g/mol. The van der Waals surface area contributed by atoms with E-state index in [1.165, 1.54) is 0 Å². The van der Waals surface area contributed by atoms with Gasteiger partial charge in [0.1, 0.15) is 0 Å². The highest BCUT2D eigenvalue weighted by atomic mass is 16.5. The number of hydrogen-bond acceptors (Lipinski definition) is 7. The Morgan fingerprint density at radius 2 is 2.32 bits per heavy atom. The summed E-state index contributed by atoms with van der Waals surface area (Å²) in [5.41, 5.74) is 5.96. The maximum absolute atomic E-state index is 5.44. The Labute approximate surface area is 108 Å². The topological polar surface area (TPSA) is 113 Å². The first-order chi connectivity index (χ1) is 9.28. The van der Waals surface area contributed by atoms with Crippen molar-refractivity contribution in [2.24, 2.45) is 12.8 Å². The molecule has 19 heavy (non-hydrogen) atoms. The third-order valence-electron chi connectivity index (χ3n) is 2.56. The van der Waals surface area contributed by atoms with Gasteiger partial charge in [-0.25, -0.2) is 4.98 Å². The summed E-state index contributed by atoms with van der Waals surface area (Å²) in [6.07, 6.45) is 5.19. The SMILES string of the molecule is Cn1ccnc1-c1noc(-c2cn(CCN)nn2)n1. The third kappa shape index (κ3) is 2.10. The molecule has 0 radical (unpaired) electrons. The van der Waals surface area contributed by atoms with Crippen molar-refractivity contribution in [3.8, 4) is 23.2 Å². The Morgan fingerprint density at radius 1 is 1.42 bits per heavy atom. The van der Waals surface area contributed by atoms with E-state index in [2.05, 4.69) is 25.4 Å². The molecule has 0 unspecified atom stereocenters. The van der Waals surface area contributed by atoms with Gasteiger partial charge in [-0.2, -0.15) is 4.98 Å². The van der Waals surface area contributed by atoms with Crippen molar-refractivity contribution in [2.75, 3.05) is 6.54 Å². The van der Waals surface area contributed by atoms with Gasteiger partial charge in [0.05, 0.1) is 12.7 Å². The van der Waals surface area contributed by atoms with Crippen molar-refractivity contribution in [3.05, 3.63) is 18.6 Å². The fourth-order valence-electron chi connectivity index (χ4n) is 1.64. The summed E-state index contributed by atoms with van der Waals surface area (Å²) in [5, 5.41) is 11.7. The molecule has 0 saturated carbocycles. The highest BCUT2D eigenvalue weighted by Gasteiger charge is 2.16. The molecule has 0 aromatic carbocycles. The highest BCUT2D eigenvalue weighted by Crippen LogP contribution is 2.18. The van der Waals surface area contributed by atoms with E-state index in [0.29, 0.717) is 36.3 Å². The molecule has 0 amide bonds. The molecule has 0 aliphatic carbocycles. The summed E-state index contributed by atoms with van der Waals surface area (Å²) in [6.45, 7) is 1.08. The van der Waals surface area contributed by atoms with Crippen molar-refractivity contribution in [2.45, 2.75) is 6.54 Å². The van der Waals surface area contributed by atoms with Gasteiger partial charge in [-0.3, -0.25) is 4.68 Å². The first kappa shape index (κ1) is 11.5. The second-order valence-corrected chi connectivity index (χ2v) is 3.94. The van der Waals surface area contributed by atoms with E-state index in [1.807, 2.05) is 13.2 Å². The van der Waals surface area contributed by atoms with E-state index < -0.39 is 0 Å². The van der Waals surface area contributed by atoms with Gasteiger partial charge in [-0.15, -0.1) is 5.10 Å². The summed E-state index contributed by atoms with van der Waals surface area (Å²) in [6, 6.07) is 0. The average Bonchev–Trinajstić information content (AvgIpc) is 3.08. The molecule has 0 aliphatic heterocycles. The number of hydrogen-bond donors (Lipinski definition) is 1. The van der Waals surface area contributed by atoms with Crippen LogP contribution in [0.25, 0.3) is 23.2 Å². The smallest absolute Gasteiger partial charge is 0.280 e. The molecule has 0 fully saturated rings. The van der Waals surface area contributed by atoms with Crippen molar-refractivity contribution < 1.29 is 4.52 Å². The van der Waals surface area contributed by atoms with Gasteiger partial charge >= 0.3 is 0 Å². The molecule has 2 N–H and O–H groups in total. The molecule has 0 aliphatic rings. The number of aryl methyl sites for hydroxylation is 1. The number of nitrogens with zero attached hydrogens (tertiary/aromatic N) is 7. The predicted octanol–water partition coefficient (Wildman–Crippen LogP) is -0.313. The van der Waals surface area contributed by atoms with E-state index in [0.717, 1.165) is 0 Å². The number of aromatic nitrogens is 7. The zero-order valence-corrected chi connectivity index (χ0v) is 10.3. The molecule has 9 heteroatoms. The van der Waals surface area contributed by atoms with E-state index >= 15 is 0 Å². The molecule has 3 heterocycles. The van der Waals surface area contributed by atoms with Crippen molar-refractivity contribution in [1.82, 2.24) is 34.7 Å². The molecule has 0 saturated heterocycles. The van der Waals surface area contributed by atoms with Gasteiger partial charge in [0, 0.05) is 26.0 Å². The molecule has 3 aromatic rings. The lowest BCUT2D eigenvalue weighted by Gasteiger charge is -1.92. The quantitative estimate of drug-likeness (QED) is 0.684. The molecular formula is C10H12N8O. The molecular weight excluding hydrogens is 248 g/mol. The van der Waals surface area contributed by atoms with Crippen LogP contribution in [0.15, 0.2) is 23.1 Å². The second kappa shape index (κ2) is 4.61. The van der Waals surface area contributed by atoms with Gasteiger partial charge in [0.25, 0.3) is 5.89 Å². The molecule has 0 bridgehead atoms. The van der Waals surface area contributed by atoms with Gasteiger partial charge in [0.2, 0.25) is 5.82 Å². The van der Waals surface area contributed by atoms with Gasteiger partial charge in [0.15, 0.2) is 11.5 Å². The number of nitrogens with two attached hydrogens (primary N) is 1. The fraction of sp³-hybridized carbons (Fsp3) is 0.300. The number of rotatable bonds is 4. The van der Waals surface area contributed by atoms with Crippen LogP contribution < -0.4 is 5.73 Å². The molecule has 3 aromatic heterocycles. The Morgan fingerprint density at radius 3 is 3.05 bits per heavy atom. The van der Waals surface area contributed by atoms with Crippen LogP contribution in [0, 0.1) is 0 Å². The minimum Gasteiger partial charge on any atom is -0.332 e. The van der Waals surface area contributed by atoms with Gasteiger partial charge in [-0.05, 0) is 0 Å².